The van der Waals surface area contributed by atoms with Gasteiger partial charge >= 0.3 is 26.5 Å². The lowest BCUT2D eigenvalue weighted by atomic mass is 11.1. The molecule has 21 heavy (non-hydrogen) atoms. The third-order valence-electron chi connectivity index (χ3n) is 0.801. The Morgan fingerprint density at radius 3 is 0.857 bits per heavy atom. The van der Waals surface area contributed by atoms with Crippen LogP contribution in [0.4, 0.5) is 0 Å². The molecule has 0 saturated heterocycles. The summed E-state index contributed by atoms with van der Waals surface area (Å²) in [6, 6.07) is 0. The van der Waals surface area contributed by atoms with Crippen LogP contribution in [0.5, 0.6) is 0 Å². The zero-order valence-corrected chi connectivity index (χ0v) is 8.82. The number of nitrogens with zero attached hydrogens (tertiary/aromatic N) is 4. The van der Waals surface area contributed by atoms with Crippen molar-refractivity contribution in [2.45, 2.75) is 6.16 Å². The average Bonchev–Trinajstić information content (AvgIpc) is 2.36. The highest BCUT2D eigenvalue weighted by molar-refractivity contribution is 4.20. The van der Waals surface area contributed by atoms with E-state index in [0.717, 1.165) is 0 Å². The van der Waals surface area contributed by atoms with E-state index in [0.29, 0.717) is 0 Å². The largest absolute Gasteiger partial charge is 0.519 e. The Balaban J connectivity index is 5.02. The summed E-state index contributed by atoms with van der Waals surface area (Å²) in [7, 11) is 0. The van der Waals surface area contributed by atoms with Gasteiger partial charge in [0, 0.05) is 0 Å². The van der Waals surface area contributed by atoms with E-state index in [1.54, 1.807) is 0 Å². The molecule has 20 nitrogen and oxygen atoms in total. The van der Waals surface area contributed by atoms with Gasteiger partial charge in [0.2, 0.25) is 0 Å². The SMILES string of the molecule is O=[N+]([O-])OOC(OO[N+](=O)[O-])(OO[N+](=O)[O-])OO[N+](=O)[O-]. The molecule has 0 radical (unpaired) electrons. The van der Waals surface area contributed by atoms with Crippen LogP contribution in [0.2, 0.25) is 0 Å². The van der Waals surface area contributed by atoms with Crippen LogP contribution in [0.15, 0.2) is 0 Å². The van der Waals surface area contributed by atoms with Crippen LogP contribution in [0.1, 0.15) is 0 Å². The summed E-state index contributed by atoms with van der Waals surface area (Å²) in [6.45, 7) is 0. The maximum Gasteiger partial charge on any atom is 0.519 e. The van der Waals surface area contributed by atoms with Gasteiger partial charge in [-0.2, -0.15) is 0 Å². The van der Waals surface area contributed by atoms with E-state index in [1.807, 2.05) is 0 Å². The summed E-state index contributed by atoms with van der Waals surface area (Å²) in [6.07, 6.45) is -4.03. The van der Waals surface area contributed by atoms with Gasteiger partial charge in [0.25, 0.3) is 0 Å². The molecule has 0 fully saturated rings. The predicted molar refractivity (Wildman–Crippen MR) is 39.4 cm³/mol. The van der Waals surface area contributed by atoms with E-state index >= 15 is 0 Å². The first-order valence-corrected chi connectivity index (χ1v) is 3.67. The molecule has 20 heteroatoms. The minimum atomic E-state index is -4.03. The summed E-state index contributed by atoms with van der Waals surface area (Å²) in [5, 5.41) is 32.2. The van der Waals surface area contributed by atoms with Gasteiger partial charge in [-0.05, 0) is 0 Å². The number of rotatable bonds is 12. The highest BCUT2D eigenvalue weighted by Crippen LogP contribution is 2.20. The van der Waals surface area contributed by atoms with Gasteiger partial charge in [0.1, 0.15) is 0 Å². The molecule has 0 aliphatic heterocycles. The van der Waals surface area contributed by atoms with E-state index in [-0.39, 0.29) is 0 Å². The quantitative estimate of drug-likeness (QED) is 0.165. The van der Waals surface area contributed by atoms with Crippen LogP contribution in [-0.2, 0) is 39.5 Å². The van der Waals surface area contributed by atoms with Crippen molar-refractivity contribution >= 4 is 0 Å². The van der Waals surface area contributed by atoms with Gasteiger partial charge in [-0.25, -0.2) is 0 Å². The molecule has 0 aliphatic carbocycles. The fourth-order valence-electron chi connectivity index (χ4n) is 0.388. The second-order valence-electron chi connectivity index (χ2n) is 2.03. The first-order chi connectivity index (χ1) is 9.67. The summed E-state index contributed by atoms with van der Waals surface area (Å²) in [4.78, 5) is 65.0. The molecule has 0 heterocycles. The second-order valence-corrected chi connectivity index (χ2v) is 2.03. The summed E-state index contributed by atoms with van der Waals surface area (Å²) < 4.78 is 0. The molecule has 0 spiro atoms. The zero-order valence-electron chi connectivity index (χ0n) is 8.82. The van der Waals surface area contributed by atoms with Gasteiger partial charge in [-0.15, -0.1) is 80.0 Å². The molecule has 120 valence electrons. The van der Waals surface area contributed by atoms with Gasteiger partial charge in [-0.3, -0.25) is 0 Å². The van der Waals surface area contributed by atoms with Crippen molar-refractivity contribution in [1.29, 1.82) is 0 Å². The summed E-state index contributed by atoms with van der Waals surface area (Å²) >= 11 is 0. The Labute approximate surface area is 108 Å². The van der Waals surface area contributed by atoms with E-state index in [1.165, 1.54) is 0 Å². The fourth-order valence-corrected chi connectivity index (χ4v) is 0.388. The highest BCUT2D eigenvalue weighted by Gasteiger charge is 2.47. The molecular weight excluding hydrogens is 324 g/mol. The Hall–Kier alpha value is -3.36. The molecule has 0 aromatic heterocycles. The fraction of sp³-hybridized carbons (Fsp3) is 1.00. The minimum absolute atomic E-state index is 1.77. The van der Waals surface area contributed by atoms with Crippen molar-refractivity contribution in [2.24, 2.45) is 0 Å². The molecule has 0 rings (SSSR count). The standard InChI is InChI=1S/CN4O16/c6-2(7)18-14-1(15-19-3(8)9,16-20-4(10)11)17-21-5(12)13. The molecule has 0 aliphatic rings. The van der Waals surface area contributed by atoms with Crippen LogP contribution in [0.25, 0.3) is 0 Å². The molecule has 0 atom stereocenters. The Morgan fingerprint density at radius 2 is 0.714 bits per heavy atom. The van der Waals surface area contributed by atoms with Crippen LogP contribution in [0, 0.1) is 40.5 Å². The van der Waals surface area contributed by atoms with Crippen molar-refractivity contribution in [3.8, 4) is 0 Å². The summed E-state index contributed by atoms with van der Waals surface area (Å²) in [5.74, 6) is 0. The normalized spacial score (nSPS) is 10.3. The number of hydrogen-bond donors (Lipinski definition) is 0. The zero-order chi connectivity index (χ0) is 16.5. The highest BCUT2D eigenvalue weighted by atomic mass is 17.6. The molecule has 0 aromatic carbocycles. The Morgan fingerprint density at radius 1 is 0.524 bits per heavy atom. The number of hydrogen-bond acceptors (Lipinski definition) is 16. The molecular formula is CN4O16. The molecule has 0 amide bonds. The van der Waals surface area contributed by atoms with E-state index in [2.05, 4.69) is 39.5 Å². The second kappa shape index (κ2) is 7.94. The van der Waals surface area contributed by atoms with Crippen LogP contribution < -0.4 is 0 Å². The van der Waals surface area contributed by atoms with Gasteiger partial charge in [-0.1, -0.05) is 0 Å². The lowest BCUT2D eigenvalue weighted by molar-refractivity contribution is -0.997. The van der Waals surface area contributed by atoms with Crippen LogP contribution in [0.3, 0.4) is 0 Å². The monoisotopic (exact) mass is 324 g/mol. The third kappa shape index (κ3) is 8.37. The third-order valence-corrected chi connectivity index (χ3v) is 0.801. The van der Waals surface area contributed by atoms with Crippen LogP contribution in [-0.4, -0.2) is 26.5 Å². The lowest BCUT2D eigenvalue weighted by Crippen LogP contribution is -2.44. The average molecular weight is 324 g/mol. The lowest BCUT2D eigenvalue weighted by Gasteiger charge is -2.21. The maximum atomic E-state index is 9.83. The molecule has 0 bridgehead atoms. The van der Waals surface area contributed by atoms with Crippen molar-refractivity contribution in [3.63, 3.8) is 0 Å². The van der Waals surface area contributed by atoms with E-state index < -0.39 is 26.5 Å². The first-order valence-electron chi connectivity index (χ1n) is 3.67. The Bertz CT molecular complexity index is 324. The topological polar surface area (TPSA) is 246 Å². The van der Waals surface area contributed by atoms with Crippen molar-refractivity contribution in [1.82, 2.24) is 0 Å². The van der Waals surface area contributed by atoms with E-state index in [9.17, 15) is 40.5 Å². The molecule has 0 unspecified atom stereocenters. The first kappa shape index (κ1) is 17.6. The van der Waals surface area contributed by atoms with Crippen molar-refractivity contribution in [2.75, 3.05) is 0 Å². The predicted octanol–water partition coefficient (Wildman–Crippen LogP) is -1.84. The van der Waals surface area contributed by atoms with Gasteiger partial charge in [0.05, 0.1) is 0 Å². The Kier molecular flexibility index (Phi) is 6.67. The molecule has 0 aromatic rings. The maximum absolute atomic E-state index is 9.83. The van der Waals surface area contributed by atoms with Crippen molar-refractivity contribution in [3.05, 3.63) is 40.5 Å². The van der Waals surface area contributed by atoms with Gasteiger partial charge in [0.15, 0.2) is 0 Å². The summed E-state index contributed by atoms with van der Waals surface area (Å²) in [5.41, 5.74) is 0. The van der Waals surface area contributed by atoms with Crippen molar-refractivity contribution < 1.29 is 59.8 Å². The van der Waals surface area contributed by atoms with Crippen LogP contribution >= 0.6 is 0 Å². The minimum Gasteiger partial charge on any atom is -0.138 e. The molecule has 0 saturated carbocycles. The van der Waals surface area contributed by atoms with E-state index in [4.69, 9.17) is 0 Å². The van der Waals surface area contributed by atoms with Gasteiger partial charge < -0.3 is 0 Å². The molecule has 0 N–H and O–H groups in total. The smallest absolute Gasteiger partial charge is 0.138 e.